The molecule has 0 spiro atoms. The second-order valence-electron chi connectivity index (χ2n) is 3.52. The number of amides is 1. The SMILES string of the molecule is CN(CC(=O)O)C(=O)Cc1c(F)cccc1F. The van der Waals surface area contributed by atoms with E-state index in [1.165, 1.54) is 13.1 Å². The van der Waals surface area contributed by atoms with Crippen LogP contribution in [0.3, 0.4) is 0 Å². The fourth-order valence-corrected chi connectivity index (χ4v) is 1.28. The lowest BCUT2D eigenvalue weighted by Gasteiger charge is -2.14. The van der Waals surface area contributed by atoms with Gasteiger partial charge in [0.2, 0.25) is 5.91 Å². The van der Waals surface area contributed by atoms with E-state index in [9.17, 15) is 18.4 Å². The predicted molar refractivity (Wildman–Crippen MR) is 55.3 cm³/mol. The van der Waals surface area contributed by atoms with Crippen molar-refractivity contribution in [3.05, 3.63) is 35.4 Å². The van der Waals surface area contributed by atoms with Crippen LogP contribution in [0.15, 0.2) is 18.2 Å². The molecule has 1 amide bonds. The lowest BCUT2D eigenvalue weighted by molar-refractivity contribution is -0.143. The summed E-state index contributed by atoms with van der Waals surface area (Å²) in [6.45, 7) is -0.505. The normalized spacial score (nSPS) is 10.1. The molecule has 0 bridgehead atoms. The average Bonchev–Trinajstić information content (AvgIpc) is 2.22. The third-order valence-corrected chi connectivity index (χ3v) is 2.19. The average molecular weight is 243 g/mol. The Bertz CT molecular complexity index is 428. The highest BCUT2D eigenvalue weighted by molar-refractivity contribution is 5.82. The minimum atomic E-state index is -1.19. The quantitative estimate of drug-likeness (QED) is 0.859. The molecule has 4 nitrogen and oxygen atoms in total. The van der Waals surface area contributed by atoms with E-state index in [2.05, 4.69) is 0 Å². The zero-order valence-corrected chi connectivity index (χ0v) is 9.11. The molecule has 0 saturated carbocycles. The Morgan fingerprint density at radius 1 is 1.29 bits per heavy atom. The van der Waals surface area contributed by atoms with Gasteiger partial charge in [-0.25, -0.2) is 8.78 Å². The van der Waals surface area contributed by atoms with Crippen LogP contribution in [0.2, 0.25) is 0 Å². The second kappa shape index (κ2) is 5.38. The smallest absolute Gasteiger partial charge is 0.323 e. The van der Waals surface area contributed by atoms with E-state index >= 15 is 0 Å². The lowest BCUT2D eigenvalue weighted by Crippen LogP contribution is -2.33. The van der Waals surface area contributed by atoms with Crippen LogP contribution < -0.4 is 0 Å². The van der Waals surface area contributed by atoms with Gasteiger partial charge in [-0.1, -0.05) is 6.07 Å². The standard InChI is InChI=1S/C11H11F2NO3/c1-14(6-11(16)17)10(15)5-7-8(12)3-2-4-9(7)13/h2-4H,5-6H2,1H3,(H,16,17). The summed E-state index contributed by atoms with van der Waals surface area (Å²) in [4.78, 5) is 22.7. The first-order valence-electron chi connectivity index (χ1n) is 4.80. The number of carbonyl (C=O) groups excluding carboxylic acids is 1. The molecule has 0 radical (unpaired) electrons. The van der Waals surface area contributed by atoms with Crippen LogP contribution in [-0.2, 0) is 16.0 Å². The molecule has 0 aliphatic heterocycles. The van der Waals surface area contributed by atoms with Gasteiger partial charge in [0.05, 0.1) is 6.42 Å². The van der Waals surface area contributed by atoms with Gasteiger partial charge in [0.25, 0.3) is 0 Å². The summed E-state index contributed by atoms with van der Waals surface area (Å²) in [5.74, 6) is -3.48. The first kappa shape index (κ1) is 13.1. The molecule has 0 aliphatic carbocycles. The van der Waals surface area contributed by atoms with Gasteiger partial charge >= 0.3 is 5.97 Å². The van der Waals surface area contributed by atoms with Crippen molar-refractivity contribution in [2.45, 2.75) is 6.42 Å². The van der Waals surface area contributed by atoms with Crippen LogP contribution in [-0.4, -0.2) is 35.5 Å². The summed E-state index contributed by atoms with van der Waals surface area (Å²) in [7, 11) is 1.26. The van der Waals surface area contributed by atoms with Crippen molar-refractivity contribution in [1.82, 2.24) is 4.90 Å². The molecule has 1 aromatic carbocycles. The summed E-state index contributed by atoms with van der Waals surface area (Å²) in [5, 5.41) is 8.47. The fraction of sp³-hybridized carbons (Fsp3) is 0.273. The summed E-state index contributed by atoms with van der Waals surface area (Å²) in [6, 6.07) is 3.28. The molecular formula is C11H11F2NO3. The van der Waals surface area contributed by atoms with E-state index in [1.807, 2.05) is 0 Å². The van der Waals surface area contributed by atoms with Crippen LogP contribution in [0.25, 0.3) is 0 Å². The number of hydrogen-bond donors (Lipinski definition) is 1. The number of hydrogen-bond acceptors (Lipinski definition) is 2. The first-order chi connectivity index (χ1) is 7.91. The van der Waals surface area contributed by atoms with Crippen molar-refractivity contribution in [3.8, 4) is 0 Å². The van der Waals surface area contributed by atoms with Crippen molar-refractivity contribution in [2.24, 2.45) is 0 Å². The van der Waals surface area contributed by atoms with Gasteiger partial charge in [-0.15, -0.1) is 0 Å². The van der Waals surface area contributed by atoms with Gasteiger partial charge in [-0.2, -0.15) is 0 Å². The number of rotatable bonds is 4. The molecule has 0 heterocycles. The van der Waals surface area contributed by atoms with Crippen molar-refractivity contribution < 1.29 is 23.5 Å². The highest BCUT2D eigenvalue weighted by atomic mass is 19.1. The Balaban J connectivity index is 2.78. The number of aliphatic carboxylic acids is 1. The monoisotopic (exact) mass is 243 g/mol. The Hall–Kier alpha value is -1.98. The molecule has 6 heteroatoms. The molecule has 0 aliphatic rings. The predicted octanol–water partition coefficient (Wildman–Crippen LogP) is 1.05. The van der Waals surface area contributed by atoms with Crippen molar-refractivity contribution in [3.63, 3.8) is 0 Å². The third kappa shape index (κ3) is 3.51. The maximum absolute atomic E-state index is 13.2. The zero-order chi connectivity index (χ0) is 13.0. The van der Waals surface area contributed by atoms with Crippen molar-refractivity contribution in [2.75, 3.05) is 13.6 Å². The summed E-state index contributed by atoms with van der Waals surface area (Å²) >= 11 is 0. The van der Waals surface area contributed by atoms with Gasteiger partial charge in [0.1, 0.15) is 18.2 Å². The van der Waals surface area contributed by atoms with E-state index in [1.54, 1.807) is 0 Å². The van der Waals surface area contributed by atoms with E-state index < -0.39 is 36.5 Å². The maximum atomic E-state index is 13.2. The van der Waals surface area contributed by atoms with Crippen LogP contribution in [0.1, 0.15) is 5.56 Å². The van der Waals surface area contributed by atoms with Gasteiger partial charge in [0, 0.05) is 12.6 Å². The summed E-state index contributed by atoms with van der Waals surface area (Å²) < 4.78 is 26.4. The minimum Gasteiger partial charge on any atom is -0.480 e. The van der Waals surface area contributed by atoms with Crippen molar-refractivity contribution >= 4 is 11.9 Å². The molecular weight excluding hydrogens is 232 g/mol. The van der Waals surface area contributed by atoms with E-state index in [0.29, 0.717) is 0 Å². The van der Waals surface area contributed by atoms with Gasteiger partial charge < -0.3 is 10.0 Å². The lowest BCUT2D eigenvalue weighted by atomic mass is 10.1. The number of halogens is 2. The zero-order valence-electron chi connectivity index (χ0n) is 9.11. The molecule has 0 fully saturated rings. The number of nitrogens with zero attached hydrogens (tertiary/aromatic N) is 1. The molecule has 1 aromatic rings. The van der Waals surface area contributed by atoms with Gasteiger partial charge in [-0.3, -0.25) is 9.59 Å². The van der Waals surface area contributed by atoms with Crippen LogP contribution >= 0.6 is 0 Å². The molecule has 0 unspecified atom stereocenters. The number of carboxylic acids is 1. The minimum absolute atomic E-state index is 0.352. The molecule has 0 aromatic heterocycles. The number of likely N-dealkylation sites (N-methyl/N-ethyl adjacent to an activating group) is 1. The maximum Gasteiger partial charge on any atom is 0.323 e. The number of carbonyl (C=O) groups is 2. The number of carboxylic acid groups (broad SMARTS) is 1. The Morgan fingerprint density at radius 3 is 2.29 bits per heavy atom. The summed E-state index contributed by atoms with van der Waals surface area (Å²) in [6.07, 6.45) is -0.498. The Kier molecular flexibility index (Phi) is 4.14. The fourth-order valence-electron chi connectivity index (χ4n) is 1.28. The Morgan fingerprint density at radius 2 is 1.82 bits per heavy atom. The van der Waals surface area contributed by atoms with Gasteiger partial charge in [-0.05, 0) is 12.1 Å². The molecule has 92 valence electrons. The second-order valence-corrected chi connectivity index (χ2v) is 3.52. The molecule has 0 saturated heterocycles. The van der Waals surface area contributed by atoms with Crippen LogP contribution in [0.4, 0.5) is 8.78 Å². The first-order valence-corrected chi connectivity index (χ1v) is 4.80. The van der Waals surface area contributed by atoms with E-state index in [0.717, 1.165) is 17.0 Å². The van der Waals surface area contributed by atoms with Gasteiger partial charge in [0.15, 0.2) is 0 Å². The third-order valence-electron chi connectivity index (χ3n) is 2.19. The van der Waals surface area contributed by atoms with Crippen LogP contribution in [0, 0.1) is 11.6 Å². The Labute approximate surface area is 96.5 Å². The highest BCUT2D eigenvalue weighted by Crippen LogP contribution is 2.13. The van der Waals surface area contributed by atoms with E-state index in [-0.39, 0.29) is 5.56 Å². The molecule has 0 atom stereocenters. The summed E-state index contributed by atoms with van der Waals surface area (Å²) in [5.41, 5.74) is -0.352. The van der Waals surface area contributed by atoms with Crippen LogP contribution in [0.5, 0.6) is 0 Å². The molecule has 1 rings (SSSR count). The van der Waals surface area contributed by atoms with Crippen molar-refractivity contribution in [1.29, 1.82) is 0 Å². The van der Waals surface area contributed by atoms with E-state index in [4.69, 9.17) is 5.11 Å². The number of benzene rings is 1. The molecule has 17 heavy (non-hydrogen) atoms. The topological polar surface area (TPSA) is 57.6 Å². The largest absolute Gasteiger partial charge is 0.480 e. The molecule has 1 N–H and O–H groups in total. The highest BCUT2D eigenvalue weighted by Gasteiger charge is 2.17.